The molecule has 1 heterocycles. The second-order valence-corrected chi connectivity index (χ2v) is 6.73. The summed E-state index contributed by atoms with van der Waals surface area (Å²) in [6.45, 7) is -0.271. The summed E-state index contributed by atoms with van der Waals surface area (Å²) >= 11 is 0. The van der Waals surface area contributed by atoms with Crippen molar-refractivity contribution in [3.8, 4) is 17.6 Å². The maximum absolute atomic E-state index is 13.1. The molecule has 1 fully saturated rings. The zero-order chi connectivity index (χ0) is 21.2. The Balaban J connectivity index is 1.79. The van der Waals surface area contributed by atoms with Crippen LogP contribution >= 0.6 is 0 Å². The number of benzene rings is 2. The summed E-state index contributed by atoms with van der Waals surface area (Å²) < 4.78 is 83.8. The number of hydrogen-bond donors (Lipinski definition) is 0. The van der Waals surface area contributed by atoms with Gasteiger partial charge in [0, 0.05) is 18.3 Å². The molecule has 0 radical (unpaired) electrons. The van der Waals surface area contributed by atoms with E-state index < -0.39 is 29.9 Å². The summed E-state index contributed by atoms with van der Waals surface area (Å²) in [5.74, 6) is -1.78. The van der Waals surface area contributed by atoms with Crippen LogP contribution in [0.3, 0.4) is 0 Å². The highest BCUT2D eigenvalue weighted by Crippen LogP contribution is 2.41. The van der Waals surface area contributed by atoms with E-state index in [1.807, 2.05) is 6.07 Å². The Labute approximate surface area is 163 Å². The van der Waals surface area contributed by atoms with Crippen molar-refractivity contribution in [2.24, 2.45) is 5.92 Å². The molecular formula is C20H16F6N2O. The quantitative estimate of drug-likeness (QED) is 0.562. The summed E-state index contributed by atoms with van der Waals surface area (Å²) in [5, 5.41) is 8.91. The van der Waals surface area contributed by atoms with Crippen molar-refractivity contribution < 1.29 is 31.1 Å². The standard InChI is InChI=1S/C20H16F6N2O/c21-19(22,23)13-11-15(9-10-27)28(12-13)14-5-7-16(8-6-14)29-18-4-2-1-3-17(18)20(24,25)26/h1-8,13,15H,9,11-12H2/t13-,15+/m0/s1. The van der Waals surface area contributed by atoms with Gasteiger partial charge in [0.25, 0.3) is 0 Å². The maximum atomic E-state index is 13.1. The third-order valence-electron chi connectivity index (χ3n) is 4.79. The first-order valence-electron chi connectivity index (χ1n) is 8.74. The topological polar surface area (TPSA) is 36.3 Å². The van der Waals surface area contributed by atoms with Crippen molar-refractivity contribution in [1.29, 1.82) is 5.26 Å². The molecule has 3 rings (SSSR count). The van der Waals surface area contributed by atoms with Crippen LogP contribution in [-0.2, 0) is 6.18 Å². The van der Waals surface area contributed by atoms with E-state index in [0.29, 0.717) is 5.69 Å². The molecule has 0 unspecified atom stereocenters. The Kier molecular flexibility index (Phi) is 5.64. The normalized spacial score (nSPS) is 19.8. The van der Waals surface area contributed by atoms with Crippen molar-refractivity contribution in [2.45, 2.75) is 31.2 Å². The highest BCUT2D eigenvalue weighted by Gasteiger charge is 2.47. The summed E-state index contributed by atoms with van der Waals surface area (Å²) in [6, 6.07) is 11.8. The van der Waals surface area contributed by atoms with Crippen LogP contribution in [0, 0.1) is 17.2 Å². The third kappa shape index (κ3) is 4.75. The average molecular weight is 414 g/mol. The Morgan fingerprint density at radius 2 is 1.66 bits per heavy atom. The summed E-state index contributed by atoms with van der Waals surface area (Å²) in [5.41, 5.74) is -0.473. The molecule has 3 nitrogen and oxygen atoms in total. The molecule has 1 saturated heterocycles. The van der Waals surface area contributed by atoms with Crippen LogP contribution in [0.5, 0.6) is 11.5 Å². The van der Waals surface area contributed by atoms with E-state index in [1.54, 1.807) is 0 Å². The van der Waals surface area contributed by atoms with Gasteiger partial charge in [-0.25, -0.2) is 0 Å². The van der Waals surface area contributed by atoms with Gasteiger partial charge in [0.2, 0.25) is 0 Å². The Bertz CT molecular complexity index is 886. The molecule has 0 aliphatic carbocycles. The lowest BCUT2D eigenvalue weighted by atomic mass is 10.0. The van der Waals surface area contributed by atoms with E-state index in [1.165, 1.54) is 47.4 Å². The number of nitriles is 1. The van der Waals surface area contributed by atoms with E-state index in [9.17, 15) is 26.3 Å². The van der Waals surface area contributed by atoms with E-state index >= 15 is 0 Å². The summed E-state index contributed by atoms with van der Waals surface area (Å²) in [6.07, 6.45) is -9.16. The number of ether oxygens (including phenoxy) is 1. The van der Waals surface area contributed by atoms with E-state index in [-0.39, 0.29) is 30.9 Å². The molecule has 0 spiro atoms. The molecule has 0 bridgehead atoms. The largest absolute Gasteiger partial charge is 0.457 e. The zero-order valence-electron chi connectivity index (χ0n) is 15.0. The summed E-state index contributed by atoms with van der Waals surface area (Å²) in [7, 11) is 0. The molecule has 1 aliphatic heterocycles. The van der Waals surface area contributed by atoms with E-state index in [2.05, 4.69) is 0 Å². The Hall–Kier alpha value is -2.89. The molecule has 1 aliphatic rings. The van der Waals surface area contributed by atoms with Crippen molar-refractivity contribution in [1.82, 2.24) is 0 Å². The van der Waals surface area contributed by atoms with Gasteiger partial charge in [-0.3, -0.25) is 0 Å². The van der Waals surface area contributed by atoms with Gasteiger partial charge in [-0.2, -0.15) is 31.6 Å². The predicted octanol–water partition coefficient (Wildman–Crippen LogP) is 6.17. The first kappa shape index (κ1) is 20.8. The first-order chi connectivity index (χ1) is 13.6. The molecule has 9 heteroatoms. The third-order valence-corrected chi connectivity index (χ3v) is 4.79. The van der Waals surface area contributed by atoms with Crippen LogP contribution in [-0.4, -0.2) is 18.8 Å². The van der Waals surface area contributed by atoms with Gasteiger partial charge in [-0.05, 0) is 42.8 Å². The minimum atomic E-state index is -4.58. The lowest BCUT2D eigenvalue weighted by Gasteiger charge is -2.25. The second kappa shape index (κ2) is 7.85. The molecule has 0 aromatic heterocycles. The van der Waals surface area contributed by atoms with Gasteiger partial charge in [0.05, 0.1) is 24.0 Å². The second-order valence-electron chi connectivity index (χ2n) is 6.73. The highest BCUT2D eigenvalue weighted by molar-refractivity contribution is 5.52. The van der Waals surface area contributed by atoms with Crippen LogP contribution in [0.1, 0.15) is 18.4 Å². The fourth-order valence-corrected chi connectivity index (χ4v) is 3.39. The molecule has 0 N–H and O–H groups in total. The summed E-state index contributed by atoms with van der Waals surface area (Å²) in [4.78, 5) is 1.51. The lowest BCUT2D eigenvalue weighted by Crippen LogP contribution is -2.30. The van der Waals surface area contributed by atoms with Crippen LogP contribution < -0.4 is 9.64 Å². The zero-order valence-corrected chi connectivity index (χ0v) is 15.0. The molecule has 154 valence electrons. The molecule has 2 atom stereocenters. The fraction of sp³-hybridized carbons (Fsp3) is 0.350. The minimum absolute atomic E-state index is 0.0518. The number of nitrogens with zero attached hydrogens (tertiary/aromatic N) is 2. The first-order valence-corrected chi connectivity index (χ1v) is 8.74. The maximum Gasteiger partial charge on any atom is 0.419 e. The van der Waals surface area contributed by atoms with E-state index in [4.69, 9.17) is 10.00 Å². The number of anilines is 1. The van der Waals surface area contributed by atoms with Crippen LogP contribution in [0.15, 0.2) is 48.5 Å². The van der Waals surface area contributed by atoms with Gasteiger partial charge < -0.3 is 9.64 Å². The SMILES string of the molecule is N#CC[C@@H]1C[C@H](C(F)(F)F)CN1c1ccc(Oc2ccccc2C(F)(F)F)cc1. The Morgan fingerprint density at radius 1 is 1.00 bits per heavy atom. The fourth-order valence-electron chi connectivity index (χ4n) is 3.39. The Morgan fingerprint density at radius 3 is 2.24 bits per heavy atom. The molecule has 0 amide bonds. The van der Waals surface area contributed by atoms with Crippen molar-refractivity contribution in [3.05, 3.63) is 54.1 Å². The molecule has 2 aromatic rings. The number of para-hydroxylation sites is 1. The number of alkyl halides is 6. The molecule has 29 heavy (non-hydrogen) atoms. The predicted molar refractivity (Wildman–Crippen MR) is 93.5 cm³/mol. The molecule has 0 saturated carbocycles. The van der Waals surface area contributed by atoms with Gasteiger partial charge in [-0.1, -0.05) is 12.1 Å². The van der Waals surface area contributed by atoms with Crippen molar-refractivity contribution >= 4 is 5.69 Å². The van der Waals surface area contributed by atoms with Crippen LogP contribution in [0.25, 0.3) is 0 Å². The van der Waals surface area contributed by atoms with Crippen LogP contribution in [0.2, 0.25) is 0 Å². The number of rotatable bonds is 4. The molecule has 2 aromatic carbocycles. The van der Waals surface area contributed by atoms with Crippen molar-refractivity contribution in [3.63, 3.8) is 0 Å². The van der Waals surface area contributed by atoms with Gasteiger partial charge in [0.1, 0.15) is 11.5 Å². The highest BCUT2D eigenvalue weighted by atomic mass is 19.4. The number of hydrogen-bond acceptors (Lipinski definition) is 3. The van der Waals surface area contributed by atoms with E-state index in [0.717, 1.165) is 6.07 Å². The van der Waals surface area contributed by atoms with Crippen LogP contribution in [0.4, 0.5) is 32.0 Å². The smallest absolute Gasteiger partial charge is 0.419 e. The van der Waals surface area contributed by atoms with Gasteiger partial charge >= 0.3 is 12.4 Å². The molecular weight excluding hydrogens is 398 g/mol. The van der Waals surface area contributed by atoms with Gasteiger partial charge in [0.15, 0.2) is 0 Å². The van der Waals surface area contributed by atoms with Crippen molar-refractivity contribution in [2.75, 3.05) is 11.4 Å². The monoisotopic (exact) mass is 414 g/mol. The average Bonchev–Trinajstić information content (AvgIpc) is 3.07. The van der Waals surface area contributed by atoms with Gasteiger partial charge in [-0.15, -0.1) is 0 Å². The number of halogens is 6. The lowest BCUT2D eigenvalue weighted by molar-refractivity contribution is -0.168. The minimum Gasteiger partial charge on any atom is -0.457 e.